The highest BCUT2D eigenvalue weighted by Gasteiger charge is 2.02. The first kappa shape index (κ1) is 15.4. The van der Waals surface area contributed by atoms with Gasteiger partial charge in [-0.05, 0) is 19.3 Å². The van der Waals surface area contributed by atoms with Crippen LogP contribution in [0.15, 0.2) is 12.7 Å². The van der Waals surface area contributed by atoms with Crippen molar-refractivity contribution in [2.45, 2.75) is 70.3 Å². The van der Waals surface area contributed by atoms with Gasteiger partial charge in [0, 0.05) is 6.42 Å². The van der Waals surface area contributed by atoms with E-state index >= 15 is 0 Å². The van der Waals surface area contributed by atoms with Gasteiger partial charge in [0.15, 0.2) is 0 Å². The van der Waals surface area contributed by atoms with E-state index in [1.165, 1.54) is 32.1 Å². The summed E-state index contributed by atoms with van der Waals surface area (Å²) in [5.74, 6) is 0. The third kappa shape index (κ3) is 11.4. The molecular formula is C14H25O2. The van der Waals surface area contributed by atoms with Crippen LogP contribution in [0.3, 0.4) is 0 Å². The molecule has 0 rings (SSSR count). The molecule has 0 aromatic rings. The van der Waals surface area contributed by atoms with Crippen molar-refractivity contribution in [3.8, 4) is 0 Å². The Hall–Kier alpha value is -0.630. The molecular weight excluding hydrogens is 200 g/mol. The van der Waals surface area contributed by atoms with Crippen LogP contribution in [0.2, 0.25) is 0 Å². The molecule has 0 heterocycles. The van der Waals surface area contributed by atoms with E-state index in [1.807, 2.05) is 6.08 Å². The number of hydrogen-bond acceptors (Lipinski definition) is 2. The van der Waals surface area contributed by atoms with Gasteiger partial charge in [0.05, 0.1) is 6.10 Å². The van der Waals surface area contributed by atoms with Gasteiger partial charge >= 0.3 is 0 Å². The fourth-order valence-electron chi connectivity index (χ4n) is 1.75. The van der Waals surface area contributed by atoms with Gasteiger partial charge in [-0.2, -0.15) is 0 Å². The molecule has 0 aliphatic heterocycles. The minimum absolute atomic E-state index is 0.168. The molecule has 16 heavy (non-hydrogen) atoms. The van der Waals surface area contributed by atoms with E-state index in [9.17, 15) is 9.90 Å². The van der Waals surface area contributed by atoms with Crippen LogP contribution in [0.4, 0.5) is 0 Å². The summed E-state index contributed by atoms with van der Waals surface area (Å²) in [4.78, 5) is 9.98. The maximum absolute atomic E-state index is 9.98. The summed E-state index contributed by atoms with van der Waals surface area (Å²) in [5, 5.41) is 9.28. The number of carbonyl (C=O) groups excluding carboxylic acids is 1. The minimum Gasteiger partial charge on any atom is -0.393 e. The molecule has 0 amide bonds. The number of rotatable bonds is 12. The third-order valence-electron chi connectivity index (χ3n) is 2.76. The number of aliphatic hydroxyl groups excluding tert-OH is 1. The van der Waals surface area contributed by atoms with E-state index in [0.717, 1.165) is 25.7 Å². The van der Waals surface area contributed by atoms with Gasteiger partial charge in [-0.3, -0.25) is 4.79 Å². The van der Waals surface area contributed by atoms with Crippen molar-refractivity contribution in [1.82, 2.24) is 0 Å². The van der Waals surface area contributed by atoms with Crippen molar-refractivity contribution in [2.24, 2.45) is 0 Å². The summed E-state index contributed by atoms with van der Waals surface area (Å²) in [6.07, 6.45) is 13.9. The zero-order chi connectivity index (χ0) is 12.1. The molecule has 0 aromatic carbocycles. The molecule has 93 valence electrons. The first-order chi connectivity index (χ1) is 7.81. The van der Waals surface area contributed by atoms with E-state index in [0.29, 0.717) is 0 Å². The van der Waals surface area contributed by atoms with Crippen molar-refractivity contribution in [2.75, 3.05) is 0 Å². The predicted octanol–water partition coefficient (Wildman–Crippen LogP) is 3.54. The molecule has 0 aromatic heterocycles. The largest absolute Gasteiger partial charge is 0.393 e. The molecule has 0 saturated heterocycles. The van der Waals surface area contributed by atoms with Crippen molar-refractivity contribution in [3.63, 3.8) is 0 Å². The van der Waals surface area contributed by atoms with Crippen LogP contribution in [-0.2, 0) is 4.79 Å². The van der Waals surface area contributed by atoms with Crippen LogP contribution in [0.5, 0.6) is 0 Å². The highest BCUT2D eigenvalue weighted by Crippen LogP contribution is 2.11. The number of hydrogen-bond donors (Lipinski definition) is 1. The molecule has 0 saturated carbocycles. The SMILES string of the molecule is C=CCCCCCCCCCC(O)C[C]=O. The Labute approximate surface area is 99.7 Å². The van der Waals surface area contributed by atoms with E-state index in [1.54, 1.807) is 6.29 Å². The molecule has 0 bridgehead atoms. The summed E-state index contributed by atoms with van der Waals surface area (Å²) in [5.41, 5.74) is 0. The lowest BCUT2D eigenvalue weighted by Crippen LogP contribution is -2.06. The second-order valence-electron chi connectivity index (χ2n) is 4.34. The molecule has 1 atom stereocenters. The number of unbranched alkanes of at least 4 members (excludes halogenated alkanes) is 7. The highest BCUT2D eigenvalue weighted by molar-refractivity contribution is 5.51. The Morgan fingerprint density at radius 3 is 2.19 bits per heavy atom. The van der Waals surface area contributed by atoms with Gasteiger partial charge in [0.2, 0.25) is 6.29 Å². The van der Waals surface area contributed by atoms with E-state index in [-0.39, 0.29) is 6.42 Å². The summed E-state index contributed by atoms with van der Waals surface area (Å²) in [6.45, 7) is 3.70. The molecule has 1 N–H and O–H groups in total. The first-order valence-corrected chi connectivity index (χ1v) is 6.45. The lowest BCUT2D eigenvalue weighted by Gasteiger charge is -2.05. The smallest absolute Gasteiger partial charge is 0.201 e. The Morgan fingerprint density at radius 2 is 1.62 bits per heavy atom. The van der Waals surface area contributed by atoms with Crippen LogP contribution >= 0.6 is 0 Å². The average Bonchev–Trinajstić information content (AvgIpc) is 2.27. The summed E-state index contributed by atoms with van der Waals surface area (Å²) < 4.78 is 0. The minimum atomic E-state index is -0.468. The fraction of sp³-hybridized carbons (Fsp3) is 0.786. The van der Waals surface area contributed by atoms with Crippen LogP contribution < -0.4 is 0 Å². The lowest BCUT2D eigenvalue weighted by atomic mass is 10.0. The van der Waals surface area contributed by atoms with Crippen LogP contribution in [0.25, 0.3) is 0 Å². The Kier molecular flexibility index (Phi) is 11.9. The lowest BCUT2D eigenvalue weighted by molar-refractivity contribution is 0.167. The van der Waals surface area contributed by atoms with Gasteiger partial charge in [-0.1, -0.05) is 44.6 Å². The van der Waals surface area contributed by atoms with Crippen molar-refractivity contribution >= 4 is 6.29 Å². The molecule has 1 unspecified atom stereocenters. The topological polar surface area (TPSA) is 37.3 Å². The molecule has 1 radical (unpaired) electrons. The molecule has 0 aliphatic carbocycles. The van der Waals surface area contributed by atoms with Crippen molar-refractivity contribution < 1.29 is 9.90 Å². The maximum Gasteiger partial charge on any atom is 0.201 e. The fourth-order valence-corrected chi connectivity index (χ4v) is 1.75. The predicted molar refractivity (Wildman–Crippen MR) is 68.1 cm³/mol. The van der Waals surface area contributed by atoms with Crippen LogP contribution in [0, 0.1) is 0 Å². The normalized spacial score (nSPS) is 12.3. The number of aliphatic hydroxyl groups is 1. The molecule has 0 spiro atoms. The summed E-state index contributed by atoms with van der Waals surface area (Å²) in [6, 6.07) is 0. The zero-order valence-electron chi connectivity index (χ0n) is 10.3. The van der Waals surface area contributed by atoms with Gasteiger partial charge in [-0.25, -0.2) is 0 Å². The van der Waals surface area contributed by atoms with Gasteiger partial charge in [0.25, 0.3) is 0 Å². The van der Waals surface area contributed by atoms with Gasteiger partial charge in [0.1, 0.15) is 0 Å². The zero-order valence-corrected chi connectivity index (χ0v) is 10.3. The van der Waals surface area contributed by atoms with E-state index in [2.05, 4.69) is 6.58 Å². The second-order valence-corrected chi connectivity index (χ2v) is 4.34. The summed E-state index contributed by atoms with van der Waals surface area (Å²) >= 11 is 0. The van der Waals surface area contributed by atoms with Crippen LogP contribution in [-0.4, -0.2) is 17.5 Å². The number of allylic oxidation sites excluding steroid dienone is 1. The van der Waals surface area contributed by atoms with Gasteiger partial charge in [-0.15, -0.1) is 6.58 Å². The standard InChI is InChI=1S/C14H25O2/c1-2-3-4-5-6-7-8-9-10-11-14(16)12-13-15/h2,14,16H,1,3-12H2. The Balaban J connectivity index is 3.03. The van der Waals surface area contributed by atoms with Gasteiger partial charge < -0.3 is 5.11 Å². The average molecular weight is 225 g/mol. The highest BCUT2D eigenvalue weighted by atomic mass is 16.3. The third-order valence-corrected chi connectivity index (χ3v) is 2.76. The molecule has 2 nitrogen and oxygen atoms in total. The van der Waals surface area contributed by atoms with Crippen molar-refractivity contribution in [1.29, 1.82) is 0 Å². The monoisotopic (exact) mass is 225 g/mol. The second kappa shape index (κ2) is 12.4. The maximum atomic E-state index is 9.98. The van der Waals surface area contributed by atoms with Crippen LogP contribution in [0.1, 0.15) is 64.2 Å². The van der Waals surface area contributed by atoms with E-state index in [4.69, 9.17) is 0 Å². The quantitative estimate of drug-likeness (QED) is 0.407. The van der Waals surface area contributed by atoms with Crippen molar-refractivity contribution in [3.05, 3.63) is 12.7 Å². The molecule has 0 fully saturated rings. The molecule has 2 heteroatoms. The Bertz CT molecular complexity index is 166. The first-order valence-electron chi connectivity index (χ1n) is 6.45. The molecule has 0 aliphatic rings. The van der Waals surface area contributed by atoms with E-state index < -0.39 is 6.10 Å². The Morgan fingerprint density at radius 1 is 1.06 bits per heavy atom. The summed E-state index contributed by atoms with van der Waals surface area (Å²) in [7, 11) is 0.